The molecule has 0 spiro atoms. The number of ether oxygens (including phenoxy) is 2. The Hall–Kier alpha value is -3.87. The molecule has 0 aliphatic carbocycles. The molecule has 154 valence electrons. The molecule has 0 fully saturated rings. The van der Waals surface area contributed by atoms with Crippen molar-refractivity contribution in [3.05, 3.63) is 81.9 Å². The van der Waals surface area contributed by atoms with Crippen LogP contribution in [-0.2, 0) is 4.79 Å². The van der Waals surface area contributed by atoms with E-state index in [1.54, 1.807) is 31.4 Å². The summed E-state index contributed by atoms with van der Waals surface area (Å²) < 4.78 is 10.9. The summed E-state index contributed by atoms with van der Waals surface area (Å²) in [6, 6.07) is 17.0. The van der Waals surface area contributed by atoms with Gasteiger partial charge in [0.2, 0.25) is 0 Å². The van der Waals surface area contributed by atoms with Crippen LogP contribution in [0.2, 0.25) is 0 Å². The highest BCUT2D eigenvalue weighted by atomic mass is 16.6. The van der Waals surface area contributed by atoms with Crippen LogP contribution in [0.4, 0.5) is 11.4 Å². The van der Waals surface area contributed by atoms with Gasteiger partial charge in [-0.25, -0.2) is 0 Å². The fourth-order valence-corrected chi connectivity index (χ4v) is 2.91. The van der Waals surface area contributed by atoms with E-state index in [9.17, 15) is 14.9 Å². The Morgan fingerprint density at radius 2 is 1.73 bits per heavy atom. The maximum absolute atomic E-state index is 12.3. The third-order valence-electron chi connectivity index (χ3n) is 4.72. The number of amides is 1. The zero-order valence-electron chi connectivity index (χ0n) is 17.0. The summed E-state index contributed by atoms with van der Waals surface area (Å²) in [5.41, 5.74) is 4.07. The molecule has 0 saturated heterocycles. The van der Waals surface area contributed by atoms with Gasteiger partial charge in [-0.15, -0.1) is 0 Å². The molecule has 0 bridgehead atoms. The monoisotopic (exact) mass is 406 g/mol. The van der Waals surface area contributed by atoms with Gasteiger partial charge in [0.25, 0.3) is 11.6 Å². The first-order chi connectivity index (χ1) is 14.4. The van der Waals surface area contributed by atoms with Crippen molar-refractivity contribution in [2.45, 2.75) is 13.8 Å². The van der Waals surface area contributed by atoms with Crippen LogP contribution in [0.1, 0.15) is 11.1 Å². The van der Waals surface area contributed by atoms with Crippen LogP contribution in [0.3, 0.4) is 0 Å². The van der Waals surface area contributed by atoms with Gasteiger partial charge in [-0.05, 0) is 60.9 Å². The van der Waals surface area contributed by atoms with Crippen molar-refractivity contribution in [3.63, 3.8) is 0 Å². The predicted octanol–water partition coefficient (Wildman–Crippen LogP) is 4.90. The highest BCUT2D eigenvalue weighted by Crippen LogP contribution is 2.34. The van der Waals surface area contributed by atoms with E-state index in [0.29, 0.717) is 28.3 Å². The molecule has 30 heavy (non-hydrogen) atoms. The summed E-state index contributed by atoms with van der Waals surface area (Å²) in [5, 5.41) is 14.0. The van der Waals surface area contributed by atoms with Crippen molar-refractivity contribution in [1.82, 2.24) is 0 Å². The van der Waals surface area contributed by atoms with Crippen molar-refractivity contribution < 1.29 is 19.2 Å². The third-order valence-corrected chi connectivity index (χ3v) is 4.72. The number of methoxy groups -OCH3 is 1. The lowest BCUT2D eigenvalue weighted by molar-refractivity contribution is -0.384. The van der Waals surface area contributed by atoms with E-state index < -0.39 is 4.92 Å². The first-order valence-electron chi connectivity index (χ1n) is 9.30. The molecule has 7 nitrogen and oxygen atoms in total. The van der Waals surface area contributed by atoms with Gasteiger partial charge in [-0.1, -0.05) is 18.2 Å². The Labute approximate surface area is 174 Å². The molecule has 1 N–H and O–H groups in total. The van der Waals surface area contributed by atoms with E-state index in [1.807, 2.05) is 32.0 Å². The van der Waals surface area contributed by atoms with Crippen molar-refractivity contribution in [1.29, 1.82) is 0 Å². The summed E-state index contributed by atoms with van der Waals surface area (Å²) in [4.78, 5) is 23.1. The molecular weight excluding hydrogens is 384 g/mol. The van der Waals surface area contributed by atoms with E-state index in [-0.39, 0.29) is 18.2 Å². The van der Waals surface area contributed by atoms with Gasteiger partial charge in [0.05, 0.1) is 12.0 Å². The fourth-order valence-electron chi connectivity index (χ4n) is 2.91. The number of non-ortho nitro benzene ring substituents is 1. The lowest BCUT2D eigenvalue weighted by atomic mass is 10.0. The summed E-state index contributed by atoms with van der Waals surface area (Å²) in [6.45, 7) is 3.74. The number of aryl methyl sites for hydroxylation is 2. The number of carbonyl (C=O) groups excluding carboxylic acids is 1. The third kappa shape index (κ3) is 4.94. The standard InChI is InChI=1S/C23H22N2O5/c1-15-4-7-18(12-16(15)2)24-23(26)14-30-22-11-8-19(25(27)28)13-21(22)17-5-9-20(29-3)10-6-17/h4-13H,14H2,1-3H3,(H,24,26). The molecule has 3 rings (SSSR count). The summed E-state index contributed by atoms with van der Waals surface area (Å²) in [6.07, 6.45) is 0. The molecule has 0 aliphatic rings. The second kappa shape index (κ2) is 9.09. The second-order valence-electron chi connectivity index (χ2n) is 6.80. The Bertz CT molecular complexity index is 1080. The minimum Gasteiger partial charge on any atom is -0.497 e. The molecule has 1 amide bonds. The number of nitrogens with zero attached hydrogens (tertiary/aromatic N) is 1. The molecule has 0 saturated carbocycles. The summed E-state index contributed by atoms with van der Waals surface area (Å²) in [7, 11) is 1.56. The Kier molecular flexibility index (Phi) is 6.32. The quantitative estimate of drug-likeness (QED) is 0.445. The first-order valence-corrected chi connectivity index (χ1v) is 9.30. The van der Waals surface area contributed by atoms with Gasteiger partial charge in [0, 0.05) is 23.4 Å². The van der Waals surface area contributed by atoms with Crippen LogP contribution in [-0.4, -0.2) is 24.5 Å². The molecule has 0 atom stereocenters. The maximum atomic E-state index is 12.3. The molecule has 3 aromatic carbocycles. The molecule has 0 unspecified atom stereocenters. The zero-order valence-corrected chi connectivity index (χ0v) is 17.0. The molecule has 0 heterocycles. The molecular formula is C23H22N2O5. The predicted molar refractivity (Wildman–Crippen MR) is 115 cm³/mol. The number of carbonyl (C=O) groups is 1. The fraction of sp³-hybridized carbons (Fsp3) is 0.174. The average molecular weight is 406 g/mol. The van der Waals surface area contributed by atoms with Crippen LogP contribution in [0, 0.1) is 24.0 Å². The van der Waals surface area contributed by atoms with Crippen molar-refractivity contribution in [2.75, 3.05) is 19.0 Å². The first kappa shape index (κ1) is 20.9. The van der Waals surface area contributed by atoms with Gasteiger partial charge < -0.3 is 14.8 Å². The number of hydrogen-bond acceptors (Lipinski definition) is 5. The van der Waals surface area contributed by atoms with Crippen LogP contribution in [0.5, 0.6) is 11.5 Å². The largest absolute Gasteiger partial charge is 0.497 e. The van der Waals surface area contributed by atoms with E-state index >= 15 is 0 Å². The maximum Gasteiger partial charge on any atom is 0.270 e. The number of rotatable bonds is 7. The number of nitro benzene ring substituents is 1. The Balaban J connectivity index is 1.79. The highest BCUT2D eigenvalue weighted by Gasteiger charge is 2.15. The van der Waals surface area contributed by atoms with E-state index in [2.05, 4.69) is 5.32 Å². The minimum absolute atomic E-state index is 0.0623. The van der Waals surface area contributed by atoms with Gasteiger partial charge in [-0.2, -0.15) is 0 Å². The molecule has 0 aromatic heterocycles. The zero-order chi connectivity index (χ0) is 21.7. The topological polar surface area (TPSA) is 90.7 Å². The minimum atomic E-state index is -0.469. The lowest BCUT2D eigenvalue weighted by Gasteiger charge is -2.13. The average Bonchev–Trinajstić information content (AvgIpc) is 2.75. The van der Waals surface area contributed by atoms with Crippen molar-refractivity contribution >= 4 is 17.3 Å². The van der Waals surface area contributed by atoms with Gasteiger partial charge in [0.1, 0.15) is 11.5 Å². The number of anilines is 1. The van der Waals surface area contributed by atoms with Gasteiger partial charge in [-0.3, -0.25) is 14.9 Å². The summed E-state index contributed by atoms with van der Waals surface area (Å²) >= 11 is 0. The van der Waals surface area contributed by atoms with E-state index in [1.165, 1.54) is 18.2 Å². The highest BCUT2D eigenvalue weighted by molar-refractivity contribution is 5.92. The summed E-state index contributed by atoms with van der Waals surface area (Å²) in [5.74, 6) is 0.720. The smallest absolute Gasteiger partial charge is 0.270 e. The molecule has 0 aliphatic heterocycles. The van der Waals surface area contributed by atoms with Crippen LogP contribution >= 0.6 is 0 Å². The normalized spacial score (nSPS) is 10.4. The lowest BCUT2D eigenvalue weighted by Crippen LogP contribution is -2.20. The molecule has 7 heteroatoms. The second-order valence-corrected chi connectivity index (χ2v) is 6.80. The van der Waals surface area contributed by atoms with Gasteiger partial charge in [0.15, 0.2) is 6.61 Å². The number of nitro groups is 1. The van der Waals surface area contributed by atoms with Crippen LogP contribution < -0.4 is 14.8 Å². The van der Waals surface area contributed by atoms with E-state index in [0.717, 1.165) is 11.1 Å². The van der Waals surface area contributed by atoms with Crippen LogP contribution in [0.15, 0.2) is 60.7 Å². The molecule has 0 radical (unpaired) electrons. The van der Waals surface area contributed by atoms with Crippen molar-refractivity contribution in [3.8, 4) is 22.6 Å². The number of benzene rings is 3. The van der Waals surface area contributed by atoms with Gasteiger partial charge >= 0.3 is 0 Å². The molecule has 3 aromatic rings. The van der Waals surface area contributed by atoms with Crippen molar-refractivity contribution in [2.24, 2.45) is 0 Å². The number of hydrogen-bond donors (Lipinski definition) is 1. The van der Waals surface area contributed by atoms with Crippen LogP contribution in [0.25, 0.3) is 11.1 Å². The number of nitrogens with one attached hydrogen (secondary N) is 1. The SMILES string of the molecule is COc1ccc(-c2cc([N+](=O)[O-])ccc2OCC(=O)Nc2ccc(C)c(C)c2)cc1. The van der Waals surface area contributed by atoms with E-state index in [4.69, 9.17) is 9.47 Å². The Morgan fingerprint density at radius 1 is 1.00 bits per heavy atom. The Morgan fingerprint density at radius 3 is 2.37 bits per heavy atom.